The fourth-order valence-corrected chi connectivity index (χ4v) is 9.49. The van der Waals surface area contributed by atoms with Gasteiger partial charge in [-0.1, -0.05) is 72.8 Å². The number of nitriles is 1. The van der Waals surface area contributed by atoms with Crippen LogP contribution in [0.1, 0.15) is 60.0 Å². The molecular weight excluding hydrogens is 656 g/mol. The number of hydrogen-bond donors (Lipinski definition) is 2. The van der Waals surface area contributed by atoms with E-state index in [2.05, 4.69) is 53.2 Å². The monoisotopic (exact) mass is 696 g/mol. The van der Waals surface area contributed by atoms with Gasteiger partial charge < -0.3 is 14.9 Å². The van der Waals surface area contributed by atoms with E-state index in [1.54, 1.807) is 11.8 Å². The maximum atomic E-state index is 11.6. The molecule has 2 aromatic carbocycles. The average molecular weight is 697 g/mol. The molecule has 0 amide bonds. The van der Waals surface area contributed by atoms with Crippen LogP contribution in [-0.4, -0.2) is 74.6 Å². The van der Waals surface area contributed by atoms with Gasteiger partial charge >= 0.3 is 5.97 Å². The van der Waals surface area contributed by atoms with Crippen LogP contribution in [0.5, 0.6) is 5.75 Å². The second-order valence-corrected chi connectivity index (χ2v) is 15.5. The van der Waals surface area contributed by atoms with Crippen molar-refractivity contribution in [3.63, 3.8) is 0 Å². The Bertz CT molecular complexity index is 1840. The predicted molar refractivity (Wildman–Crippen MR) is 191 cm³/mol. The quantitative estimate of drug-likeness (QED) is 0.237. The van der Waals surface area contributed by atoms with Crippen LogP contribution >= 0.6 is 23.4 Å². The minimum Gasteiger partial charge on any atom is -0.490 e. The second-order valence-electron chi connectivity index (χ2n) is 13.7. The first-order chi connectivity index (χ1) is 23.7. The zero-order chi connectivity index (χ0) is 34.1. The van der Waals surface area contributed by atoms with Gasteiger partial charge in [-0.05, 0) is 84.3 Å². The third-order valence-corrected chi connectivity index (χ3v) is 12.4. The maximum absolute atomic E-state index is 11.6. The van der Waals surface area contributed by atoms with Crippen molar-refractivity contribution >= 4 is 34.9 Å². The van der Waals surface area contributed by atoms with Crippen molar-refractivity contribution in [3.8, 4) is 11.8 Å². The lowest BCUT2D eigenvalue weighted by molar-refractivity contribution is -0.141. The van der Waals surface area contributed by atoms with E-state index in [0.29, 0.717) is 42.5 Å². The molecule has 7 rings (SSSR count). The Balaban J connectivity index is 1.17. The largest absolute Gasteiger partial charge is 0.490 e. The highest BCUT2D eigenvalue weighted by atomic mass is 35.5. The van der Waals surface area contributed by atoms with Crippen LogP contribution in [0.25, 0.3) is 5.57 Å². The molecule has 2 aliphatic carbocycles. The molecule has 2 aliphatic heterocycles. The third kappa shape index (κ3) is 6.90. The van der Waals surface area contributed by atoms with Crippen molar-refractivity contribution in [1.29, 1.82) is 5.26 Å². The number of benzene rings is 2. The van der Waals surface area contributed by atoms with Gasteiger partial charge in [-0.25, -0.2) is 4.98 Å². The number of aliphatic hydroxyl groups is 1. The Morgan fingerprint density at radius 2 is 2.02 bits per heavy atom. The van der Waals surface area contributed by atoms with Gasteiger partial charge in [-0.15, -0.1) is 0 Å². The molecule has 0 spiro atoms. The molecule has 1 aromatic heterocycles. The standard InChI is InChI=1S/C39H41ClN4O4S/c1-25-29(31-5-2-3-7-34(31)40)6-4-15-39(25,49-37-19-26(12-16-42-37)21-43-17-14-28(45)23-43)24-48-36-11-9-32-30(33(36)20-41)8-10-35(32)44-18-13-27(22-44)38(46)47/h2-7,9,11-12,15-16,19,25,27-28,35,45H,8,10,13-14,17-18,21-24H2,1H3,(H,46,47)/t25?,27-,28-,35-,39?/m1/s1. The smallest absolute Gasteiger partial charge is 0.307 e. The van der Waals surface area contributed by atoms with Gasteiger partial charge in [0.1, 0.15) is 18.4 Å². The summed E-state index contributed by atoms with van der Waals surface area (Å²) < 4.78 is 6.13. The normalized spacial score (nSPS) is 26.8. The lowest BCUT2D eigenvalue weighted by atomic mass is 9.80. The van der Waals surface area contributed by atoms with E-state index in [-0.39, 0.29) is 24.0 Å². The molecule has 4 aliphatic rings. The Morgan fingerprint density at radius 1 is 1.16 bits per heavy atom. The van der Waals surface area contributed by atoms with Crippen LogP contribution in [0, 0.1) is 23.2 Å². The number of carboxylic acids is 1. The molecule has 2 fully saturated rings. The number of likely N-dealkylation sites (tertiary alicyclic amines) is 2. The molecule has 2 unspecified atom stereocenters. The summed E-state index contributed by atoms with van der Waals surface area (Å²) in [6, 6.07) is 18.6. The van der Waals surface area contributed by atoms with Crippen LogP contribution in [0.2, 0.25) is 5.02 Å². The molecule has 8 nitrogen and oxygen atoms in total. The topological polar surface area (TPSA) is 110 Å². The third-order valence-electron chi connectivity index (χ3n) is 10.7. The number of fused-ring (bicyclic) bond motifs is 1. The van der Waals surface area contributed by atoms with Crippen LogP contribution in [0.3, 0.4) is 0 Å². The van der Waals surface area contributed by atoms with Gasteiger partial charge in [0.15, 0.2) is 0 Å². The second kappa shape index (κ2) is 14.3. The fourth-order valence-electron chi connectivity index (χ4n) is 7.97. The molecule has 2 N–H and O–H groups in total. The van der Waals surface area contributed by atoms with Crippen LogP contribution in [0.15, 0.2) is 78.0 Å². The number of hydrogen-bond acceptors (Lipinski definition) is 8. The van der Waals surface area contributed by atoms with Gasteiger partial charge in [0.2, 0.25) is 0 Å². The van der Waals surface area contributed by atoms with E-state index in [1.165, 1.54) is 0 Å². The SMILES string of the molecule is CC1C(c2ccccc2Cl)=CC=CC1(COc1ccc2c(c1C#N)CC[C@H]2N1CC[C@@H](C(=O)O)C1)Sc1cc(CN2CC[C@@H](O)C2)ccn1. The van der Waals surface area contributed by atoms with Crippen molar-refractivity contribution < 1.29 is 19.7 Å². The van der Waals surface area contributed by atoms with Crippen LogP contribution < -0.4 is 4.74 Å². The number of halogens is 1. The van der Waals surface area contributed by atoms with Gasteiger partial charge in [0, 0.05) is 49.4 Å². The molecule has 0 radical (unpaired) electrons. The summed E-state index contributed by atoms with van der Waals surface area (Å²) in [5, 5.41) is 31.6. The molecule has 2 saturated heterocycles. The molecule has 254 valence electrons. The molecule has 0 bridgehead atoms. The predicted octanol–water partition coefficient (Wildman–Crippen LogP) is 6.77. The number of rotatable bonds is 10. The van der Waals surface area contributed by atoms with Crippen LogP contribution in [-0.2, 0) is 17.8 Å². The number of ether oxygens (including phenoxy) is 1. The molecular formula is C39H41ClN4O4S. The highest BCUT2D eigenvalue weighted by molar-refractivity contribution is 8.00. The number of aliphatic hydroxyl groups excluding tert-OH is 1. The Kier molecular flexibility index (Phi) is 9.87. The number of allylic oxidation sites excluding steroid dienone is 3. The average Bonchev–Trinajstić information content (AvgIpc) is 3.85. The van der Waals surface area contributed by atoms with Crippen molar-refractivity contribution in [2.45, 2.75) is 61.1 Å². The minimum absolute atomic E-state index is 0.0247. The lowest BCUT2D eigenvalue weighted by Gasteiger charge is -2.39. The molecule has 3 aromatic rings. The zero-order valence-corrected chi connectivity index (χ0v) is 29.2. The highest BCUT2D eigenvalue weighted by Gasteiger charge is 2.42. The first-order valence-corrected chi connectivity index (χ1v) is 18.3. The van der Waals surface area contributed by atoms with Gasteiger partial charge in [0.05, 0.1) is 27.4 Å². The first kappa shape index (κ1) is 33.8. The summed E-state index contributed by atoms with van der Waals surface area (Å²) in [5.74, 6) is -0.533. The minimum atomic E-state index is -0.735. The maximum Gasteiger partial charge on any atom is 0.307 e. The van der Waals surface area contributed by atoms with E-state index >= 15 is 0 Å². The number of carboxylic acid groups (broad SMARTS) is 1. The Hall–Kier alpha value is -3.65. The Morgan fingerprint density at radius 3 is 2.78 bits per heavy atom. The summed E-state index contributed by atoms with van der Waals surface area (Å²) in [5.41, 5.74) is 5.92. The fraction of sp³-hybridized carbons (Fsp3) is 0.410. The van der Waals surface area contributed by atoms with E-state index < -0.39 is 10.7 Å². The molecule has 10 heteroatoms. The summed E-state index contributed by atoms with van der Waals surface area (Å²) in [6.07, 6.45) is 11.0. The highest BCUT2D eigenvalue weighted by Crippen LogP contribution is 2.49. The summed E-state index contributed by atoms with van der Waals surface area (Å²) in [7, 11) is 0. The van der Waals surface area contributed by atoms with Crippen molar-refractivity contribution in [2.75, 3.05) is 32.8 Å². The zero-order valence-electron chi connectivity index (χ0n) is 27.6. The van der Waals surface area contributed by atoms with Gasteiger partial charge in [-0.3, -0.25) is 14.6 Å². The molecule has 0 saturated carbocycles. The van der Waals surface area contributed by atoms with E-state index in [9.17, 15) is 20.3 Å². The van der Waals surface area contributed by atoms with Crippen molar-refractivity contribution in [2.24, 2.45) is 11.8 Å². The number of nitrogens with zero attached hydrogens (tertiary/aromatic N) is 4. The number of aromatic nitrogens is 1. The number of β-amino-alcohol motifs (C(OH)–C–C–N with tert-alkyl or cyclic N) is 1. The number of thioether (sulfide) groups is 1. The van der Waals surface area contributed by atoms with E-state index in [4.69, 9.17) is 21.3 Å². The van der Waals surface area contributed by atoms with Crippen molar-refractivity contribution in [1.82, 2.24) is 14.8 Å². The summed E-state index contributed by atoms with van der Waals surface area (Å²) >= 11 is 8.39. The molecule has 5 atom stereocenters. The lowest BCUT2D eigenvalue weighted by Crippen LogP contribution is -2.39. The summed E-state index contributed by atoms with van der Waals surface area (Å²) in [4.78, 5) is 20.9. The van der Waals surface area contributed by atoms with Gasteiger partial charge in [-0.2, -0.15) is 5.26 Å². The molecule has 49 heavy (non-hydrogen) atoms. The van der Waals surface area contributed by atoms with Crippen molar-refractivity contribution in [3.05, 3.63) is 106 Å². The van der Waals surface area contributed by atoms with E-state index in [1.807, 2.05) is 42.6 Å². The van der Waals surface area contributed by atoms with Gasteiger partial charge in [0.25, 0.3) is 0 Å². The number of aliphatic carboxylic acids is 1. The van der Waals surface area contributed by atoms with E-state index in [0.717, 1.165) is 71.7 Å². The number of pyridine rings is 1. The summed E-state index contributed by atoms with van der Waals surface area (Å²) in [6.45, 7) is 6.09. The first-order valence-electron chi connectivity index (χ1n) is 17.1. The molecule has 3 heterocycles. The van der Waals surface area contributed by atoms with Crippen LogP contribution in [0.4, 0.5) is 0 Å². The number of carbonyl (C=O) groups is 1. The Labute approximate surface area is 297 Å².